The molecule has 0 unspecified atom stereocenters. The summed E-state index contributed by atoms with van der Waals surface area (Å²) in [6.45, 7) is 3.19. The Morgan fingerprint density at radius 3 is 1.93 bits per heavy atom. The van der Waals surface area contributed by atoms with Crippen LogP contribution in [0.15, 0.2) is 0 Å². The Hall–Kier alpha value is 0.830. The highest BCUT2D eigenvalue weighted by Gasteiger charge is 2.17. The molecule has 86 valence electrons. The van der Waals surface area contributed by atoms with Gasteiger partial charge in [0.1, 0.15) is 0 Å². The van der Waals surface area contributed by atoms with Gasteiger partial charge in [0.15, 0.2) is 0 Å². The van der Waals surface area contributed by atoms with Gasteiger partial charge in [0.25, 0.3) is 0 Å². The Balaban J connectivity index is 0.00000169. The van der Waals surface area contributed by atoms with E-state index in [-0.39, 0.29) is 12.4 Å². The van der Waals surface area contributed by atoms with Gasteiger partial charge in [-0.2, -0.15) is 0 Å². The van der Waals surface area contributed by atoms with Crippen LogP contribution >= 0.6 is 35.6 Å². The normalized spacial score (nSPS) is 17.4. The van der Waals surface area contributed by atoms with Crippen molar-refractivity contribution in [2.24, 2.45) is 5.92 Å². The summed E-state index contributed by atoms with van der Waals surface area (Å²) in [4.78, 5) is 2.40. The Bertz CT molecular complexity index is 121. The zero-order valence-electron chi connectivity index (χ0n) is 8.55. The molecule has 0 aromatic rings. The third-order valence-electron chi connectivity index (χ3n) is 2.79. The van der Waals surface area contributed by atoms with Crippen molar-refractivity contribution in [3.05, 3.63) is 0 Å². The molecule has 0 atom stereocenters. The topological polar surface area (TPSA) is 3.24 Å². The minimum absolute atomic E-state index is 0. The van der Waals surface area contributed by atoms with E-state index < -0.39 is 0 Å². The van der Waals surface area contributed by atoms with Crippen molar-refractivity contribution in [1.29, 1.82) is 0 Å². The van der Waals surface area contributed by atoms with Crippen molar-refractivity contribution in [1.82, 2.24) is 4.90 Å². The van der Waals surface area contributed by atoms with Crippen LogP contribution in [0.25, 0.3) is 0 Å². The summed E-state index contributed by atoms with van der Waals surface area (Å²) in [5.74, 6) is 2.36. The molecule has 1 saturated carbocycles. The lowest BCUT2D eigenvalue weighted by Gasteiger charge is -2.23. The first kappa shape index (κ1) is 14.8. The highest BCUT2D eigenvalue weighted by Crippen LogP contribution is 2.25. The Kier molecular flexibility index (Phi) is 9.62. The molecule has 1 aliphatic rings. The Morgan fingerprint density at radius 2 is 1.50 bits per heavy atom. The molecule has 1 fully saturated rings. The van der Waals surface area contributed by atoms with Gasteiger partial charge < -0.3 is 4.90 Å². The second kappa shape index (κ2) is 9.08. The van der Waals surface area contributed by atoms with Crippen LogP contribution in [0.3, 0.4) is 0 Å². The molecule has 0 aromatic heterocycles. The van der Waals surface area contributed by atoms with Crippen LogP contribution in [0.2, 0.25) is 0 Å². The first-order valence-corrected chi connectivity index (χ1v) is 6.28. The second-order valence-corrected chi connectivity index (χ2v) is 4.58. The summed E-state index contributed by atoms with van der Waals surface area (Å²) < 4.78 is 0. The third kappa shape index (κ3) is 5.65. The predicted octanol–water partition coefficient (Wildman–Crippen LogP) is 3.38. The number of halogens is 3. The van der Waals surface area contributed by atoms with Crippen molar-refractivity contribution in [3.63, 3.8) is 0 Å². The number of hydrogen-bond donors (Lipinski definition) is 0. The number of alkyl halides is 2. The highest BCUT2D eigenvalue weighted by molar-refractivity contribution is 6.18. The van der Waals surface area contributed by atoms with Crippen molar-refractivity contribution in [2.75, 3.05) is 31.4 Å². The van der Waals surface area contributed by atoms with Crippen LogP contribution in [-0.2, 0) is 0 Å². The van der Waals surface area contributed by atoms with E-state index in [1.807, 2.05) is 0 Å². The van der Waals surface area contributed by atoms with Gasteiger partial charge in [-0.25, -0.2) is 0 Å². The Morgan fingerprint density at radius 1 is 1.00 bits per heavy atom. The van der Waals surface area contributed by atoms with Gasteiger partial charge in [-0.3, -0.25) is 0 Å². The molecule has 0 N–H and O–H groups in total. The average molecular weight is 261 g/mol. The van der Waals surface area contributed by atoms with Gasteiger partial charge in [-0.05, 0) is 18.8 Å². The molecule has 1 aliphatic carbocycles. The smallest absolute Gasteiger partial charge is 0.0351 e. The van der Waals surface area contributed by atoms with Crippen LogP contribution in [0.4, 0.5) is 0 Å². The van der Waals surface area contributed by atoms with Crippen LogP contribution in [0.1, 0.15) is 25.7 Å². The summed E-state index contributed by atoms with van der Waals surface area (Å²) >= 11 is 11.5. The lowest BCUT2D eigenvalue weighted by atomic mass is 10.1. The first-order valence-electron chi connectivity index (χ1n) is 5.21. The van der Waals surface area contributed by atoms with Gasteiger partial charge in [0.05, 0.1) is 0 Å². The minimum atomic E-state index is 0. The zero-order chi connectivity index (χ0) is 9.52. The molecular formula is C10H20Cl3N. The first-order chi connectivity index (χ1) is 6.36. The molecular weight excluding hydrogens is 240 g/mol. The minimum Gasteiger partial charge on any atom is -0.301 e. The van der Waals surface area contributed by atoms with Crippen molar-refractivity contribution in [3.8, 4) is 0 Å². The monoisotopic (exact) mass is 259 g/mol. The molecule has 14 heavy (non-hydrogen) atoms. The molecule has 0 radical (unpaired) electrons. The Labute approximate surface area is 104 Å². The van der Waals surface area contributed by atoms with E-state index in [0.717, 1.165) is 30.8 Å². The predicted molar refractivity (Wildman–Crippen MR) is 67.1 cm³/mol. The maximum Gasteiger partial charge on any atom is 0.0351 e. The van der Waals surface area contributed by atoms with E-state index in [4.69, 9.17) is 23.2 Å². The van der Waals surface area contributed by atoms with Crippen molar-refractivity contribution >= 4 is 35.6 Å². The van der Waals surface area contributed by atoms with E-state index in [9.17, 15) is 0 Å². The lowest BCUT2D eigenvalue weighted by molar-refractivity contribution is 0.257. The standard InChI is InChI=1S/C10H19Cl2N.ClH/c11-5-7-13(8-6-12)9-10-3-1-2-4-10;/h10H,1-9H2;1H. The fraction of sp³-hybridized carbons (Fsp3) is 1.00. The van der Waals surface area contributed by atoms with Gasteiger partial charge in [-0.1, -0.05) is 12.8 Å². The maximum absolute atomic E-state index is 5.73. The van der Waals surface area contributed by atoms with Gasteiger partial charge in [0.2, 0.25) is 0 Å². The molecule has 4 heteroatoms. The number of nitrogens with zero attached hydrogens (tertiary/aromatic N) is 1. The van der Waals surface area contributed by atoms with Gasteiger partial charge in [-0.15, -0.1) is 35.6 Å². The molecule has 0 saturated heterocycles. The van der Waals surface area contributed by atoms with Crippen LogP contribution < -0.4 is 0 Å². The van der Waals surface area contributed by atoms with E-state index in [1.165, 1.54) is 32.2 Å². The fourth-order valence-corrected chi connectivity index (χ4v) is 2.57. The second-order valence-electron chi connectivity index (χ2n) is 3.83. The quantitative estimate of drug-likeness (QED) is 0.662. The molecule has 0 bridgehead atoms. The summed E-state index contributed by atoms with van der Waals surface area (Å²) in [6.07, 6.45) is 5.64. The van der Waals surface area contributed by atoms with Crippen LogP contribution in [0, 0.1) is 5.92 Å². The SMILES string of the molecule is Cl.ClCCN(CCCl)CC1CCCC1. The molecule has 0 aliphatic heterocycles. The summed E-state index contributed by atoms with van der Waals surface area (Å²) in [7, 11) is 0. The van der Waals surface area contributed by atoms with Gasteiger partial charge >= 0.3 is 0 Å². The molecule has 0 amide bonds. The lowest BCUT2D eigenvalue weighted by Crippen LogP contribution is -2.32. The number of rotatable bonds is 6. The third-order valence-corrected chi connectivity index (χ3v) is 3.13. The van der Waals surface area contributed by atoms with Gasteiger partial charge in [0, 0.05) is 31.4 Å². The fourth-order valence-electron chi connectivity index (χ4n) is 2.09. The van der Waals surface area contributed by atoms with E-state index >= 15 is 0 Å². The van der Waals surface area contributed by atoms with E-state index in [1.54, 1.807) is 0 Å². The average Bonchev–Trinajstić information content (AvgIpc) is 2.58. The van der Waals surface area contributed by atoms with Crippen molar-refractivity contribution < 1.29 is 0 Å². The summed E-state index contributed by atoms with van der Waals surface area (Å²) in [6, 6.07) is 0. The molecule has 0 spiro atoms. The van der Waals surface area contributed by atoms with Crippen molar-refractivity contribution in [2.45, 2.75) is 25.7 Å². The largest absolute Gasteiger partial charge is 0.301 e. The van der Waals surface area contributed by atoms with E-state index in [2.05, 4.69) is 4.90 Å². The zero-order valence-corrected chi connectivity index (χ0v) is 10.9. The summed E-state index contributed by atoms with van der Waals surface area (Å²) in [5, 5.41) is 0. The molecule has 1 nitrogen and oxygen atoms in total. The molecule has 0 aromatic carbocycles. The molecule has 1 rings (SSSR count). The number of hydrogen-bond acceptors (Lipinski definition) is 1. The van der Waals surface area contributed by atoms with E-state index in [0.29, 0.717) is 0 Å². The summed E-state index contributed by atoms with van der Waals surface area (Å²) in [5.41, 5.74) is 0. The van der Waals surface area contributed by atoms with Crippen LogP contribution in [-0.4, -0.2) is 36.3 Å². The van der Waals surface area contributed by atoms with Crippen LogP contribution in [0.5, 0.6) is 0 Å². The molecule has 0 heterocycles. The highest BCUT2D eigenvalue weighted by atomic mass is 35.5. The maximum atomic E-state index is 5.73.